The minimum atomic E-state index is -0.795. The third-order valence-corrected chi connectivity index (χ3v) is 7.91. The van der Waals surface area contributed by atoms with Gasteiger partial charge in [0.15, 0.2) is 5.78 Å². The number of nitrogens with one attached hydrogen (secondary N) is 1. The van der Waals surface area contributed by atoms with Gasteiger partial charge in [-0.2, -0.15) is 5.10 Å². The van der Waals surface area contributed by atoms with E-state index >= 15 is 0 Å². The predicted octanol–water partition coefficient (Wildman–Crippen LogP) is 6.52. The van der Waals surface area contributed by atoms with Crippen LogP contribution in [-0.4, -0.2) is 26.6 Å². The number of benzene rings is 2. The molecule has 0 saturated carbocycles. The SMILES string of the molecule is CCC(CC)(CC(=O)c1cnn2c1NC(c1ccccc1)CC2(C)C)c1ccc(CCC(=O)O)cc1. The summed E-state index contributed by atoms with van der Waals surface area (Å²) >= 11 is 0. The van der Waals surface area contributed by atoms with Crippen LogP contribution in [0.3, 0.4) is 0 Å². The van der Waals surface area contributed by atoms with Crippen LogP contribution in [0.5, 0.6) is 0 Å². The minimum Gasteiger partial charge on any atom is -0.481 e. The van der Waals surface area contributed by atoms with Gasteiger partial charge in [-0.05, 0) is 56.2 Å². The van der Waals surface area contributed by atoms with E-state index in [0.717, 1.165) is 36.2 Å². The molecule has 0 bridgehead atoms. The van der Waals surface area contributed by atoms with Crippen molar-refractivity contribution in [2.45, 2.75) is 83.2 Å². The molecule has 36 heavy (non-hydrogen) atoms. The highest BCUT2D eigenvalue weighted by atomic mass is 16.4. The molecule has 0 amide bonds. The maximum Gasteiger partial charge on any atom is 0.303 e. The Morgan fingerprint density at radius 2 is 1.75 bits per heavy atom. The van der Waals surface area contributed by atoms with Crippen LogP contribution >= 0.6 is 0 Å². The van der Waals surface area contributed by atoms with Gasteiger partial charge in [-0.25, -0.2) is 4.68 Å². The van der Waals surface area contributed by atoms with Gasteiger partial charge in [0.05, 0.1) is 23.3 Å². The Labute approximate surface area is 213 Å². The molecule has 0 saturated heterocycles. The summed E-state index contributed by atoms with van der Waals surface area (Å²) < 4.78 is 1.97. The first-order valence-corrected chi connectivity index (χ1v) is 12.9. The van der Waals surface area contributed by atoms with Crippen molar-refractivity contribution in [2.24, 2.45) is 0 Å². The summed E-state index contributed by atoms with van der Waals surface area (Å²) in [7, 11) is 0. The highest BCUT2D eigenvalue weighted by molar-refractivity contribution is 6.01. The van der Waals surface area contributed by atoms with Crippen LogP contribution in [0.1, 0.15) is 92.9 Å². The molecule has 2 aromatic carbocycles. The third kappa shape index (κ3) is 5.08. The highest BCUT2D eigenvalue weighted by Gasteiger charge is 2.38. The van der Waals surface area contributed by atoms with E-state index in [2.05, 4.69) is 62.4 Å². The Kier molecular flexibility index (Phi) is 7.34. The molecule has 0 spiro atoms. The minimum absolute atomic E-state index is 0.0897. The van der Waals surface area contributed by atoms with Gasteiger partial charge >= 0.3 is 5.97 Å². The van der Waals surface area contributed by atoms with Gasteiger partial charge in [-0.3, -0.25) is 9.59 Å². The molecule has 0 aliphatic carbocycles. The van der Waals surface area contributed by atoms with E-state index in [1.807, 2.05) is 35.0 Å². The number of hydrogen-bond acceptors (Lipinski definition) is 4. The lowest BCUT2D eigenvalue weighted by Crippen LogP contribution is -2.38. The number of carboxylic acid groups (broad SMARTS) is 1. The Bertz CT molecular complexity index is 1210. The Morgan fingerprint density at radius 1 is 1.08 bits per heavy atom. The molecule has 2 heterocycles. The van der Waals surface area contributed by atoms with Crippen LogP contribution in [0.25, 0.3) is 0 Å². The molecular weight excluding hydrogens is 450 g/mol. The van der Waals surface area contributed by atoms with Crippen molar-refractivity contribution in [3.63, 3.8) is 0 Å². The molecule has 6 nitrogen and oxygen atoms in total. The molecule has 0 fully saturated rings. The monoisotopic (exact) mass is 487 g/mol. The first kappa shape index (κ1) is 25.7. The number of Topliss-reactive ketones (excluding diaryl/α,β-unsaturated/α-hetero) is 1. The average Bonchev–Trinajstić information content (AvgIpc) is 3.32. The zero-order chi connectivity index (χ0) is 25.9. The molecule has 3 aromatic rings. The normalized spacial score (nSPS) is 16.7. The van der Waals surface area contributed by atoms with E-state index in [-0.39, 0.29) is 29.2 Å². The van der Waals surface area contributed by atoms with Crippen molar-refractivity contribution in [3.8, 4) is 0 Å². The van der Waals surface area contributed by atoms with Crippen LogP contribution in [0.15, 0.2) is 60.8 Å². The Balaban J connectivity index is 1.60. The fourth-order valence-corrected chi connectivity index (χ4v) is 5.53. The van der Waals surface area contributed by atoms with Crippen molar-refractivity contribution < 1.29 is 14.7 Å². The number of hydrogen-bond donors (Lipinski definition) is 2. The number of carbonyl (C=O) groups excluding carboxylic acids is 1. The van der Waals surface area contributed by atoms with Gasteiger partial charge in [-0.15, -0.1) is 0 Å². The number of nitrogens with zero attached hydrogens (tertiary/aromatic N) is 2. The zero-order valence-electron chi connectivity index (χ0n) is 21.8. The smallest absolute Gasteiger partial charge is 0.303 e. The van der Waals surface area contributed by atoms with Gasteiger partial charge in [0.2, 0.25) is 0 Å². The molecule has 2 N–H and O–H groups in total. The van der Waals surface area contributed by atoms with Crippen molar-refractivity contribution >= 4 is 17.6 Å². The number of carboxylic acids is 1. The lowest BCUT2D eigenvalue weighted by atomic mass is 9.71. The number of rotatable bonds is 10. The van der Waals surface area contributed by atoms with Crippen molar-refractivity contribution in [3.05, 3.63) is 83.0 Å². The predicted molar refractivity (Wildman–Crippen MR) is 143 cm³/mol. The maximum absolute atomic E-state index is 13.8. The van der Waals surface area contributed by atoms with Crippen LogP contribution in [0, 0.1) is 0 Å². The van der Waals surface area contributed by atoms with Crippen molar-refractivity contribution in [1.29, 1.82) is 0 Å². The second-order valence-electron chi connectivity index (χ2n) is 10.6. The van der Waals surface area contributed by atoms with Crippen LogP contribution in [-0.2, 0) is 22.2 Å². The topological polar surface area (TPSA) is 84.2 Å². The Morgan fingerprint density at radius 3 is 2.36 bits per heavy atom. The highest BCUT2D eigenvalue weighted by Crippen LogP contribution is 2.42. The van der Waals surface area contributed by atoms with E-state index in [4.69, 9.17) is 5.11 Å². The number of ketones is 1. The summed E-state index contributed by atoms with van der Waals surface area (Å²) in [4.78, 5) is 24.7. The molecule has 1 atom stereocenters. The van der Waals surface area contributed by atoms with Gasteiger partial charge < -0.3 is 10.4 Å². The van der Waals surface area contributed by atoms with Gasteiger partial charge in [0, 0.05) is 18.3 Å². The van der Waals surface area contributed by atoms with E-state index in [0.29, 0.717) is 18.4 Å². The number of aliphatic carboxylic acids is 1. The molecular formula is C30H37N3O3. The molecule has 6 heteroatoms. The quantitative estimate of drug-likeness (QED) is 0.318. The average molecular weight is 488 g/mol. The van der Waals surface area contributed by atoms with Gasteiger partial charge in [-0.1, -0.05) is 68.4 Å². The van der Waals surface area contributed by atoms with E-state index in [9.17, 15) is 9.59 Å². The number of fused-ring (bicyclic) bond motifs is 1. The van der Waals surface area contributed by atoms with Crippen LogP contribution in [0.2, 0.25) is 0 Å². The number of carbonyl (C=O) groups is 2. The second kappa shape index (κ2) is 10.3. The van der Waals surface area contributed by atoms with Crippen molar-refractivity contribution in [1.82, 2.24) is 9.78 Å². The third-order valence-electron chi connectivity index (χ3n) is 7.91. The van der Waals surface area contributed by atoms with E-state index in [1.165, 1.54) is 5.56 Å². The standard InChI is InChI=1S/C30H37N3O3/c1-5-30(6-2,23-15-12-21(13-16-23)14-17-27(35)36)19-26(34)24-20-31-33-28(24)32-25(18-29(33,3)4)22-10-8-7-9-11-22/h7-13,15-16,20,25,32H,5-6,14,17-19H2,1-4H3,(H,35,36). The summed E-state index contributed by atoms with van der Waals surface area (Å²) in [5.74, 6) is 0.0964. The number of aromatic nitrogens is 2. The fraction of sp³-hybridized carbons (Fsp3) is 0.433. The second-order valence-corrected chi connectivity index (χ2v) is 10.6. The van der Waals surface area contributed by atoms with Crippen molar-refractivity contribution in [2.75, 3.05) is 5.32 Å². The lowest BCUT2D eigenvalue weighted by molar-refractivity contribution is -0.136. The van der Waals surface area contributed by atoms with Gasteiger partial charge in [0.25, 0.3) is 0 Å². The van der Waals surface area contributed by atoms with Crippen LogP contribution < -0.4 is 5.32 Å². The molecule has 0 radical (unpaired) electrons. The lowest BCUT2D eigenvalue weighted by Gasteiger charge is -2.38. The summed E-state index contributed by atoms with van der Waals surface area (Å²) in [5, 5.41) is 17.2. The number of aryl methyl sites for hydroxylation is 1. The maximum atomic E-state index is 13.8. The molecule has 1 aliphatic heterocycles. The van der Waals surface area contributed by atoms with E-state index < -0.39 is 5.97 Å². The molecule has 190 valence electrons. The fourth-order valence-electron chi connectivity index (χ4n) is 5.53. The zero-order valence-corrected chi connectivity index (χ0v) is 21.8. The summed E-state index contributed by atoms with van der Waals surface area (Å²) in [6.07, 6.45) is 5.28. The summed E-state index contributed by atoms with van der Waals surface area (Å²) in [6.45, 7) is 8.61. The molecule has 1 aromatic heterocycles. The summed E-state index contributed by atoms with van der Waals surface area (Å²) in [5.41, 5.74) is 3.45. The largest absolute Gasteiger partial charge is 0.481 e. The first-order valence-electron chi connectivity index (χ1n) is 12.9. The van der Waals surface area contributed by atoms with E-state index in [1.54, 1.807) is 6.20 Å². The first-order chi connectivity index (χ1) is 17.2. The number of anilines is 1. The van der Waals surface area contributed by atoms with Crippen LogP contribution in [0.4, 0.5) is 5.82 Å². The molecule has 1 aliphatic rings. The Hall–Kier alpha value is -3.41. The molecule has 1 unspecified atom stereocenters. The summed E-state index contributed by atoms with van der Waals surface area (Å²) in [6, 6.07) is 18.6. The van der Waals surface area contributed by atoms with Gasteiger partial charge in [0.1, 0.15) is 5.82 Å². The molecule has 4 rings (SSSR count).